The van der Waals surface area contributed by atoms with Gasteiger partial charge in [-0.15, -0.1) is 0 Å². The van der Waals surface area contributed by atoms with E-state index in [4.69, 9.17) is 0 Å². The van der Waals surface area contributed by atoms with Crippen molar-refractivity contribution in [3.8, 4) is 0 Å². The topological polar surface area (TPSA) is 11.4 Å². The normalized spacial score (nSPS) is 32.3. The summed E-state index contributed by atoms with van der Waals surface area (Å²) in [5.41, 5.74) is 5.23. The van der Waals surface area contributed by atoms with Crippen molar-refractivity contribution in [3.05, 3.63) is 35.5 Å². The quantitative estimate of drug-likeness (QED) is 0.821. The van der Waals surface area contributed by atoms with Crippen molar-refractivity contribution >= 4 is 10.9 Å². The highest BCUT2D eigenvalue weighted by molar-refractivity contribution is 5.86. The zero-order valence-corrected chi connectivity index (χ0v) is 15.3. The molecule has 3 aliphatic rings. The fraction of sp³-hybridized carbons (Fsp3) is 0.619. The third kappa shape index (κ3) is 1.75. The average molecular weight is 323 g/mol. The molecular weight excluding hydrogens is 294 g/mol. The molecule has 1 aromatic carbocycles. The molecule has 0 N–H and O–H groups in total. The van der Waals surface area contributed by atoms with Crippen LogP contribution in [-0.4, -0.2) is 41.6 Å². The van der Waals surface area contributed by atoms with Crippen LogP contribution in [0.3, 0.4) is 0 Å². The van der Waals surface area contributed by atoms with Gasteiger partial charge in [-0.1, -0.05) is 25.1 Å². The average Bonchev–Trinajstić information content (AvgIpc) is 2.95. The lowest BCUT2D eigenvalue weighted by atomic mass is 9.64. The molecule has 2 aromatic rings. The van der Waals surface area contributed by atoms with Crippen LogP contribution >= 0.6 is 0 Å². The van der Waals surface area contributed by atoms with Crippen molar-refractivity contribution in [2.75, 3.05) is 27.2 Å². The number of nitrogens with zero attached hydrogens (tertiary/aromatic N) is 3. The number of rotatable bonds is 2. The van der Waals surface area contributed by atoms with Crippen molar-refractivity contribution in [3.63, 3.8) is 0 Å². The largest absolute Gasteiger partial charge is 0.326 e. The highest BCUT2D eigenvalue weighted by atomic mass is 15.3. The fourth-order valence-corrected chi connectivity index (χ4v) is 6.08. The molecule has 1 aromatic heterocycles. The van der Waals surface area contributed by atoms with Gasteiger partial charge < -0.3 is 4.57 Å². The van der Waals surface area contributed by atoms with E-state index in [9.17, 15) is 0 Å². The Labute approximate surface area is 145 Å². The van der Waals surface area contributed by atoms with Crippen LogP contribution in [0.4, 0.5) is 0 Å². The summed E-state index contributed by atoms with van der Waals surface area (Å²) >= 11 is 0. The van der Waals surface area contributed by atoms with Crippen molar-refractivity contribution < 1.29 is 0 Å². The van der Waals surface area contributed by atoms with Crippen LogP contribution in [0.5, 0.6) is 0 Å². The first-order chi connectivity index (χ1) is 11.7. The van der Waals surface area contributed by atoms with E-state index in [-0.39, 0.29) is 0 Å². The number of fused-ring (bicyclic) bond motifs is 3. The summed E-state index contributed by atoms with van der Waals surface area (Å²) in [6.07, 6.45) is 7.09. The van der Waals surface area contributed by atoms with Crippen LogP contribution in [0, 0.1) is 5.41 Å². The van der Waals surface area contributed by atoms with Crippen LogP contribution in [0.25, 0.3) is 10.9 Å². The van der Waals surface area contributed by atoms with Crippen molar-refractivity contribution in [2.45, 2.75) is 51.2 Å². The second-order valence-electron chi connectivity index (χ2n) is 8.41. The zero-order chi connectivity index (χ0) is 16.5. The number of para-hydroxylation sites is 1. The number of aromatic nitrogens is 1. The molecule has 3 nitrogen and oxygen atoms in total. The second-order valence-corrected chi connectivity index (χ2v) is 8.41. The predicted molar refractivity (Wildman–Crippen MR) is 99.3 cm³/mol. The molecule has 1 fully saturated rings. The number of hydrogen-bond acceptors (Lipinski definition) is 2. The molecule has 3 aliphatic heterocycles. The smallest absolute Gasteiger partial charge is 0.0869 e. The van der Waals surface area contributed by atoms with Gasteiger partial charge in [0.2, 0.25) is 0 Å². The van der Waals surface area contributed by atoms with E-state index in [0.717, 1.165) is 0 Å². The minimum atomic E-state index is 0.465. The molecule has 3 heteroatoms. The van der Waals surface area contributed by atoms with Gasteiger partial charge >= 0.3 is 0 Å². The molecular formula is C21H29N3. The Morgan fingerprint density at radius 2 is 2.04 bits per heavy atom. The zero-order valence-electron chi connectivity index (χ0n) is 15.3. The molecule has 5 rings (SSSR count). The summed E-state index contributed by atoms with van der Waals surface area (Å²) in [4.78, 5) is 5.27. The summed E-state index contributed by atoms with van der Waals surface area (Å²) in [6.45, 7) is 4.98. The van der Waals surface area contributed by atoms with Gasteiger partial charge in [0, 0.05) is 23.1 Å². The van der Waals surface area contributed by atoms with Gasteiger partial charge in [0.15, 0.2) is 0 Å². The van der Waals surface area contributed by atoms with Gasteiger partial charge in [-0.3, -0.25) is 9.80 Å². The molecule has 0 saturated carbocycles. The van der Waals surface area contributed by atoms with E-state index in [1.165, 1.54) is 56.1 Å². The Morgan fingerprint density at radius 1 is 1.21 bits per heavy atom. The van der Waals surface area contributed by atoms with Crippen molar-refractivity contribution in [1.29, 1.82) is 0 Å². The molecule has 3 atom stereocenters. The van der Waals surface area contributed by atoms with Crippen LogP contribution in [-0.2, 0) is 6.42 Å². The molecule has 0 unspecified atom stereocenters. The van der Waals surface area contributed by atoms with E-state index < -0.39 is 0 Å². The molecule has 0 bridgehead atoms. The monoisotopic (exact) mass is 323 g/mol. The van der Waals surface area contributed by atoms with Crippen LogP contribution in [0.2, 0.25) is 0 Å². The van der Waals surface area contributed by atoms with Crippen molar-refractivity contribution in [2.24, 2.45) is 5.41 Å². The molecule has 128 valence electrons. The maximum Gasteiger partial charge on any atom is 0.0869 e. The van der Waals surface area contributed by atoms with Crippen LogP contribution in [0.1, 0.15) is 56.1 Å². The lowest BCUT2D eigenvalue weighted by Gasteiger charge is -2.57. The Hall–Kier alpha value is -1.32. The summed E-state index contributed by atoms with van der Waals surface area (Å²) in [5.74, 6) is 0. The van der Waals surface area contributed by atoms with Gasteiger partial charge in [0.25, 0.3) is 0 Å². The van der Waals surface area contributed by atoms with Gasteiger partial charge in [-0.2, -0.15) is 0 Å². The molecule has 0 amide bonds. The molecule has 0 aliphatic carbocycles. The first kappa shape index (κ1) is 15.0. The predicted octanol–water partition coefficient (Wildman–Crippen LogP) is 4.19. The Balaban J connectivity index is 1.85. The fourth-order valence-electron chi connectivity index (χ4n) is 6.08. The van der Waals surface area contributed by atoms with E-state index in [0.29, 0.717) is 17.6 Å². The standard InChI is InChI=1S/C21H29N3/c1-4-21-11-7-12-23-13-10-16-15-8-5-6-9-17(15)24(19(16)20(21)23)18(14-21)22(2)3/h5-6,8-9,18,20H,4,7,10-14H2,1-3H3/t18-,20-,21+/m1/s1. The van der Waals surface area contributed by atoms with Gasteiger partial charge in [0.1, 0.15) is 0 Å². The molecule has 4 heterocycles. The highest BCUT2D eigenvalue weighted by Crippen LogP contribution is 2.59. The summed E-state index contributed by atoms with van der Waals surface area (Å²) in [7, 11) is 4.53. The summed E-state index contributed by atoms with van der Waals surface area (Å²) in [6, 6.07) is 9.77. The van der Waals surface area contributed by atoms with Crippen LogP contribution in [0.15, 0.2) is 24.3 Å². The first-order valence-corrected chi connectivity index (χ1v) is 9.68. The molecule has 24 heavy (non-hydrogen) atoms. The third-order valence-corrected chi connectivity index (χ3v) is 7.22. The maximum absolute atomic E-state index is 2.82. The van der Waals surface area contributed by atoms with Gasteiger partial charge in [0.05, 0.1) is 12.2 Å². The van der Waals surface area contributed by atoms with Crippen molar-refractivity contribution in [1.82, 2.24) is 14.4 Å². The Kier molecular flexibility index (Phi) is 3.18. The van der Waals surface area contributed by atoms with Gasteiger partial charge in [-0.25, -0.2) is 0 Å². The SMILES string of the molecule is CC[C@]12CCCN3CCc4c(n(c5ccccc45)[C@@H](N(C)C)C1)[C@@H]32. The summed E-state index contributed by atoms with van der Waals surface area (Å²) in [5, 5.41) is 1.51. The summed E-state index contributed by atoms with van der Waals surface area (Å²) < 4.78 is 2.71. The minimum Gasteiger partial charge on any atom is -0.326 e. The Morgan fingerprint density at radius 3 is 2.83 bits per heavy atom. The van der Waals surface area contributed by atoms with E-state index in [1.807, 2.05) is 0 Å². The molecule has 1 saturated heterocycles. The lowest BCUT2D eigenvalue weighted by molar-refractivity contribution is -0.0555. The molecule has 0 radical (unpaired) electrons. The van der Waals surface area contributed by atoms with Gasteiger partial charge in [-0.05, 0) is 69.8 Å². The third-order valence-electron chi connectivity index (χ3n) is 7.22. The maximum atomic E-state index is 2.82. The highest BCUT2D eigenvalue weighted by Gasteiger charge is 2.53. The number of benzene rings is 1. The van der Waals surface area contributed by atoms with Crippen LogP contribution < -0.4 is 0 Å². The van der Waals surface area contributed by atoms with E-state index in [2.05, 4.69) is 59.7 Å². The minimum absolute atomic E-state index is 0.465. The number of piperidine rings is 1. The lowest BCUT2D eigenvalue weighted by Crippen LogP contribution is -2.54. The Bertz CT molecular complexity index is 790. The number of hydrogen-bond donors (Lipinski definition) is 0. The van der Waals surface area contributed by atoms with E-state index in [1.54, 1.807) is 11.3 Å². The second kappa shape index (κ2) is 5.09. The first-order valence-electron chi connectivity index (χ1n) is 9.68. The molecule has 0 spiro atoms. The van der Waals surface area contributed by atoms with E-state index >= 15 is 0 Å².